The summed E-state index contributed by atoms with van der Waals surface area (Å²) in [6.45, 7) is 12.9. The first-order valence-corrected chi connectivity index (χ1v) is 13.5. The van der Waals surface area contributed by atoms with Crippen LogP contribution in [0.3, 0.4) is 0 Å². The molecule has 1 heterocycles. The number of carbonyl (C=O) groups excluding carboxylic acids is 2. The highest BCUT2D eigenvalue weighted by Gasteiger charge is 2.23. The topological polar surface area (TPSA) is 73.2 Å². The van der Waals surface area contributed by atoms with E-state index in [1.165, 1.54) is 24.5 Å². The lowest BCUT2D eigenvalue weighted by atomic mass is 10.1. The molecule has 7 heteroatoms. The summed E-state index contributed by atoms with van der Waals surface area (Å²) in [7, 11) is -0.185. The van der Waals surface area contributed by atoms with Crippen molar-refractivity contribution in [1.82, 2.24) is 14.9 Å². The molecule has 2 aromatic rings. The van der Waals surface area contributed by atoms with Crippen LogP contribution in [-0.2, 0) is 9.53 Å². The van der Waals surface area contributed by atoms with Gasteiger partial charge in [-0.2, -0.15) is 0 Å². The van der Waals surface area contributed by atoms with Crippen LogP contribution in [0.5, 0.6) is 0 Å². The molecule has 0 bridgehead atoms. The predicted octanol–water partition coefficient (Wildman–Crippen LogP) is 3.67. The molecular formula is C23H33N3O3Si. The van der Waals surface area contributed by atoms with Crippen LogP contribution in [0.15, 0.2) is 48.9 Å². The van der Waals surface area contributed by atoms with Crippen molar-refractivity contribution in [3.8, 4) is 0 Å². The summed E-state index contributed by atoms with van der Waals surface area (Å²) >= 11 is 0. The summed E-state index contributed by atoms with van der Waals surface area (Å²) < 4.78 is 6.68. The van der Waals surface area contributed by atoms with Crippen LogP contribution in [0.4, 0.5) is 0 Å². The molecule has 1 aromatic carbocycles. The second-order valence-corrected chi connectivity index (χ2v) is 13.2. The Morgan fingerprint density at radius 2 is 1.90 bits per heavy atom. The number of ether oxygens (including phenoxy) is 1. The molecule has 0 aliphatic rings. The number of methoxy groups -OCH3 is 1. The highest BCUT2D eigenvalue weighted by molar-refractivity contribution is 6.89. The van der Waals surface area contributed by atoms with E-state index in [0.717, 1.165) is 18.4 Å². The van der Waals surface area contributed by atoms with Crippen LogP contribution >= 0.6 is 0 Å². The molecule has 6 nitrogen and oxygen atoms in total. The number of unbranched alkanes of at least 4 members (excludes halogenated alkanes) is 1. The summed E-state index contributed by atoms with van der Waals surface area (Å²) in [4.78, 5) is 27.6. The number of benzene rings is 1. The molecule has 0 fully saturated rings. The number of hydrogen-bond acceptors (Lipinski definition) is 4. The fraction of sp³-hybridized carbons (Fsp3) is 0.435. The minimum absolute atomic E-state index is 0.0163. The van der Waals surface area contributed by atoms with Gasteiger partial charge >= 0.3 is 5.97 Å². The fourth-order valence-corrected chi connectivity index (χ4v) is 5.93. The molecule has 0 saturated carbocycles. The van der Waals surface area contributed by atoms with E-state index in [1.54, 1.807) is 13.3 Å². The van der Waals surface area contributed by atoms with E-state index in [9.17, 15) is 9.59 Å². The maximum atomic E-state index is 11.9. The van der Waals surface area contributed by atoms with Crippen molar-refractivity contribution in [3.05, 3.63) is 60.2 Å². The maximum Gasteiger partial charge on any atom is 0.356 e. The van der Waals surface area contributed by atoms with E-state index in [4.69, 9.17) is 4.74 Å². The Hall–Kier alpha value is -2.67. The van der Waals surface area contributed by atoms with Gasteiger partial charge in [-0.25, -0.2) is 9.78 Å². The van der Waals surface area contributed by atoms with E-state index in [1.807, 2.05) is 11.5 Å². The van der Waals surface area contributed by atoms with Crippen molar-refractivity contribution in [1.29, 1.82) is 0 Å². The summed E-state index contributed by atoms with van der Waals surface area (Å²) in [5.74, 6) is -0.451. The molecule has 0 spiro atoms. The third-order valence-electron chi connectivity index (χ3n) is 5.55. The molecule has 1 unspecified atom stereocenters. The van der Waals surface area contributed by atoms with Crippen LogP contribution in [0, 0.1) is 0 Å². The van der Waals surface area contributed by atoms with Gasteiger partial charge in [0.15, 0.2) is 0 Å². The quantitative estimate of drug-likeness (QED) is 0.272. The Labute approximate surface area is 180 Å². The Morgan fingerprint density at radius 3 is 2.50 bits per heavy atom. The molecule has 2 rings (SSSR count). The van der Waals surface area contributed by atoms with E-state index in [0.29, 0.717) is 17.8 Å². The number of imidazole rings is 1. The van der Waals surface area contributed by atoms with Gasteiger partial charge in [-0.05, 0) is 25.8 Å². The molecule has 1 aromatic heterocycles. The van der Waals surface area contributed by atoms with E-state index >= 15 is 0 Å². The molecule has 0 aliphatic carbocycles. The lowest BCUT2D eigenvalue weighted by molar-refractivity contribution is -0.117. The maximum absolute atomic E-state index is 11.9. The van der Waals surface area contributed by atoms with Crippen LogP contribution in [-0.4, -0.2) is 43.2 Å². The summed E-state index contributed by atoms with van der Waals surface area (Å²) in [6, 6.07) is 9.87. The summed E-state index contributed by atoms with van der Waals surface area (Å²) in [5, 5.41) is 4.30. The van der Waals surface area contributed by atoms with Crippen LogP contribution < -0.4 is 10.5 Å². The number of esters is 1. The number of aromatic nitrogens is 2. The van der Waals surface area contributed by atoms with Crippen molar-refractivity contribution in [3.63, 3.8) is 0 Å². The van der Waals surface area contributed by atoms with Gasteiger partial charge in [0.1, 0.15) is 5.69 Å². The average molecular weight is 428 g/mol. The van der Waals surface area contributed by atoms with Crippen molar-refractivity contribution in [2.75, 3.05) is 13.7 Å². The van der Waals surface area contributed by atoms with Gasteiger partial charge in [-0.1, -0.05) is 61.6 Å². The number of nitrogens with zero attached hydrogens (tertiary/aromatic N) is 2. The van der Waals surface area contributed by atoms with Gasteiger partial charge in [0.05, 0.1) is 33.7 Å². The smallest absolute Gasteiger partial charge is 0.356 e. The van der Waals surface area contributed by atoms with E-state index in [-0.39, 0.29) is 17.9 Å². The molecule has 0 saturated heterocycles. The first kappa shape index (κ1) is 23.6. The fourth-order valence-electron chi connectivity index (χ4n) is 3.44. The van der Waals surface area contributed by atoms with Gasteiger partial charge < -0.3 is 14.6 Å². The zero-order valence-corrected chi connectivity index (χ0v) is 19.7. The third-order valence-corrected chi connectivity index (χ3v) is 9.05. The van der Waals surface area contributed by atoms with Crippen molar-refractivity contribution < 1.29 is 14.3 Å². The number of carbonyl (C=O) groups is 2. The number of hydrogen-bond donors (Lipinski definition) is 1. The first-order chi connectivity index (χ1) is 14.2. The minimum Gasteiger partial charge on any atom is -0.464 e. The number of amides is 1. The monoisotopic (exact) mass is 427 g/mol. The Kier molecular flexibility index (Phi) is 8.17. The largest absolute Gasteiger partial charge is 0.464 e. The Morgan fingerprint density at radius 1 is 1.23 bits per heavy atom. The molecule has 1 N–H and O–H groups in total. The second kappa shape index (κ2) is 10.4. The predicted molar refractivity (Wildman–Crippen MR) is 123 cm³/mol. The number of nitrogens with one attached hydrogen (secondary N) is 1. The SMILES string of the molecule is C=C(C)C(=O)NCCCC[Si](C)(C)c1ccc(C(C)n2cncc2C(=O)OC)cc1. The second-order valence-electron chi connectivity index (χ2n) is 8.35. The van der Waals surface area contributed by atoms with Gasteiger partial charge in [0.2, 0.25) is 5.91 Å². The van der Waals surface area contributed by atoms with Gasteiger partial charge in [-0.3, -0.25) is 4.79 Å². The average Bonchev–Trinajstić information content (AvgIpc) is 3.22. The zero-order chi connectivity index (χ0) is 22.3. The van der Waals surface area contributed by atoms with Crippen LogP contribution in [0.2, 0.25) is 19.1 Å². The van der Waals surface area contributed by atoms with Crippen LogP contribution in [0.25, 0.3) is 0 Å². The Bertz CT molecular complexity index is 887. The van der Waals surface area contributed by atoms with Crippen molar-refractivity contribution in [2.24, 2.45) is 0 Å². The molecule has 0 radical (unpaired) electrons. The minimum atomic E-state index is -1.56. The van der Waals surface area contributed by atoms with E-state index in [2.05, 4.69) is 54.2 Å². The molecule has 1 amide bonds. The van der Waals surface area contributed by atoms with Crippen molar-refractivity contribution >= 4 is 25.1 Å². The highest BCUT2D eigenvalue weighted by Crippen LogP contribution is 2.21. The lowest BCUT2D eigenvalue weighted by Gasteiger charge is -2.24. The molecule has 30 heavy (non-hydrogen) atoms. The highest BCUT2D eigenvalue weighted by atomic mass is 28.3. The Balaban J connectivity index is 1.97. The van der Waals surface area contributed by atoms with Crippen LogP contribution in [0.1, 0.15) is 48.8 Å². The molecular weight excluding hydrogens is 394 g/mol. The van der Waals surface area contributed by atoms with Gasteiger partial charge in [0.25, 0.3) is 0 Å². The normalized spacial score (nSPS) is 12.3. The first-order valence-electron chi connectivity index (χ1n) is 10.3. The summed E-state index contributed by atoms with van der Waals surface area (Å²) in [6.07, 6.45) is 5.26. The third kappa shape index (κ3) is 5.92. The lowest BCUT2D eigenvalue weighted by Crippen LogP contribution is -2.41. The zero-order valence-electron chi connectivity index (χ0n) is 18.7. The van der Waals surface area contributed by atoms with Gasteiger partial charge in [0, 0.05) is 12.1 Å². The molecule has 0 aliphatic heterocycles. The molecule has 162 valence electrons. The van der Waals surface area contributed by atoms with Crippen molar-refractivity contribution in [2.45, 2.75) is 51.9 Å². The standard InChI is InChI=1S/C23H33N3O3Si/c1-17(2)22(27)25-13-7-8-14-30(5,6)20-11-9-19(10-12-20)18(3)26-16-24-15-21(26)23(28)29-4/h9-12,15-16,18H,1,7-8,13-14H2,2-6H3,(H,25,27). The summed E-state index contributed by atoms with van der Waals surface area (Å²) in [5.41, 5.74) is 2.12. The van der Waals surface area contributed by atoms with E-state index < -0.39 is 8.07 Å². The van der Waals surface area contributed by atoms with Gasteiger partial charge in [-0.15, -0.1) is 0 Å². The number of rotatable bonds is 10. The molecule has 1 atom stereocenters.